The van der Waals surface area contributed by atoms with Crippen LogP contribution in [-0.2, 0) is 6.42 Å². The van der Waals surface area contributed by atoms with Crippen LogP contribution in [0.1, 0.15) is 80.8 Å². The topological polar surface area (TPSA) is 61.8 Å². The lowest BCUT2D eigenvalue weighted by atomic mass is 9.70. The summed E-state index contributed by atoms with van der Waals surface area (Å²) in [6.45, 7) is 11.0. The zero-order valence-electron chi connectivity index (χ0n) is 24.8. The van der Waals surface area contributed by atoms with Gasteiger partial charge in [0.25, 0.3) is 5.91 Å². The fourth-order valence-electron chi connectivity index (χ4n) is 6.81. The molecule has 1 saturated carbocycles. The summed E-state index contributed by atoms with van der Waals surface area (Å²) in [4.78, 5) is 15.8. The van der Waals surface area contributed by atoms with E-state index in [9.17, 15) is 9.90 Å². The number of nitrogens with zero attached hydrogens (tertiary/aromatic N) is 1. The first-order valence-corrected chi connectivity index (χ1v) is 16.6. The molecule has 2 aromatic rings. The summed E-state index contributed by atoms with van der Waals surface area (Å²) < 4.78 is 9.62. The van der Waals surface area contributed by atoms with E-state index in [1.165, 1.54) is 23.1 Å². The predicted octanol–water partition coefficient (Wildman–Crippen LogP) is 7.66. The van der Waals surface area contributed by atoms with Crippen molar-refractivity contribution in [2.45, 2.75) is 77.1 Å². The molecule has 222 valence electrons. The number of ether oxygens (including phenoxy) is 1. The first kappa shape index (κ1) is 30.3. The number of carbonyl (C=O) groups is 1. The van der Waals surface area contributed by atoms with Crippen molar-refractivity contribution in [1.82, 2.24) is 4.72 Å². The molecule has 1 amide bonds. The number of halogens is 1. The summed E-state index contributed by atoms with van der Waals surface area (Å²) in [7, 11) is 0. The molecule has 0 spiro atoms. The first-order chi connectivity index (χ1) is 19.7. The number of carbonyl (C=O) groups excluding carboxylic acids is 1. The van der Waals surface area contributed by atoms with Gasteiger partial charge in [-0.1, -0.05) is 63.9 Å². The van der Waals surface area contributed by atoms with Gasteiger partial charge in [-0.25, -0.2) is 0 Å². The SMILES string of the molecule is CCCc1cc(Cl)ccc1C1COc2ccc3cc2N(C1)CC1CCC1C(O)/C=C/C[C@@H](C)C(C(C)C)SNC3=O. The Morgan fingerprint density at radius 2 is 2.00 bits per heavy atom. The maximum Gasteiger partial charge on any atom is 0.261 e. The molecule has 0 radical (unpaired) electrons. The number of hydrogen-bond donors (Lipinski definition) is 2. The van der Waals surface area contributed by atoms with Gasteiger partial charge in [-0.2, -0.15) is 0 Å². The number of nitrogens with one attached hydrogen (secondary N) is 1. The van der Waals surface area contributed by atoms with E-state index in [-0.39, 0.29) is 23.0 Å². The van der Waals surface area contributed by atoms with Crippen molar-refractivity contribution in [3.05, 3.63) is 70.3 Å². The number of rotatable bonds is 4. The van der Waals surface area contributed by atoms with Crippen molar-refractivity contribution in [3.8, 4) is 5.75 Å². The van der Waals surface area contributed by atoms with Gasteiger partial charge < -0.3 is 14.7 Å². The van der Waals surface area contributed by atoms with Crippen molar-refractivity contribution in [1.29, 1.82) is 0 Å². The lowest BCUT2D eigenvalue weighted by molar-refractivity contribution is 0.0461. The Labute approximate surface area is 255 Å². The van der Waals surface area contributed by atoms with E-state index in [1.807, 2.05) is 30.3 Å². The van der Waals surface area contributed by atoms with Crippen LogP contribution >= 0.6 is 23.5 Å². The Hall–Kier alpha value is -2.15. The smallest absolute Gasteiger partial charge is 0.261 e. The molecule has 3 aliphatic rings. The quantitative estimate of drug-likeness (QED) is 0.280. The molecule has 1 aliphatic carbocycles. The van der Waals surface area contributed by atoms with Gasteiger partial charge in [0, 0.05) is 34.8 Å². The Balaban J connectivity index is 1.50. The molecule has 2 N–H and O–H groups in total. The molecule has 2 aliphatic heterocycles. The van der Waals surface area contributed by atoms with Crippen LogP contribution in [0.5, 0.6) is 5.75 Å². The minimum atomic E-state index is -0.434. The third-order valence-corrected chi connectivity index (χ3v) is 11.0. The summed E-state index contributed by atoms with van der Waals surface area (Å²) >= 11 is 7.93. The second kappa shape index (κ2) is 13.4. The molecule has 6 atom stereocenters. The highest BCUT2D eigenvalue weighted by atomic mass is 35.5. The average molecular weight is 597 g/mol. The maximum absolute atomic E-state index is 13.4. The van der Waals surface area contributed by atoms with Gasteiger partial charge in [0.15, 0.2) is 0 Å². The number of fused-ring (bicyclic) bond motifs is 2. The molecule has 0 aromatic heterocycles. The summed E-state index contributed by atoms with van der Waals surface area (Å²) in [6, 6.07) is 12.1. The molecule has 1 fully saturated rings. The van der Waals surface area contributed by atoms with E-state index >= 15 is 0 Å². The molecule has 7 heteroatoms. The number of aliphatic hydroxyl groups excluding tert-OH is 1. The van der Waals surface area contributed by atoms with E-state index in [0.717, 1.165) is 61.7 Å². The number of aryl methyl sites for hydroxylation is 1. The summed E-state index contributed by atoms with van der Waals surface area (Å²) in [6.07, 6.45) is 8.77. The van der Waals surface area contributed by atoms with E-state index in [0.29, 0.717) is 29.9 Å². The highest BCUT2D eigenvalue weighted by Gasteiger charge is 2.38. The molecule has 2 bridgehead atoms. The summed E-state index contributed by atoms with van der Waals surface area (Å²) in [5, 5.41) is 12.2. The summed E-state index contributed by atoms with van der Waals surface area (Å²) in [5.74, 6) is 2.30. The van der Waals surface area contributed by atoms with Crippen LogP contribution in [0.3, 0.4) is 0 Å². The fourth-order valence-corrected chi connectivity index (χ4v) is 7.98. The second-order valence-corrected chi connectivity index (χ2v) is 14.0. The Morgan fingerprint density at radius 3 is 2.73 bits per heavy atom. The molecular formula is C34H45ClN2O3S. The molecule has 5 rings (SSSR count). The van der Waals surface area contributed by atoms with Gasteiger partial charge in [-0.3, -0.25) is 9.52 Å². The summed E-state index contributed by atoms with van der Waals surface area (Å²) in [5.41, 5.74) is 4.18. The van der Waals surface area contributed by atoms with Crippen molar-refractivity contribution in [2.24, 2.45) is 23.7 Å². The lowest BCUT2D eigenvalue weighted by Crippen LogP contribution is -2.44. The van der Waals surface area contributed by atoms with E-state index < -0.39 is 6.10 Å². The number of aliphatic hydroxyl groups is 1. The van der Waals surface area contributed by atoms with E-state index in [2.05, 4.69) is 55.5 Å². The Bertz CT molecular complexity index is 1250. The van der Waals surface area contributed by atoms with Crippen molar-refractivity contribution in [2.75, 3.05) is 24.6 Å². The predicted molar refractivity (Wildman–Crippen MR) is 171 cm³/mol. The second-order valence-electron chi connectivity index (χ2n) is 12.6. The average Bonchev–Trinajstić information content (AvgIpc) is 3.09. The molecule has 5 unspecified atom stereocenters. The minimum absolute atomic E-state index is 0.0705. The third-order valence-electron chi connectivity index (χ3n) is 9.22. The molecule has 5 nitrogen and oxygen atoms in total. The minimum Gasteiger partial charge on any atom is -0.491 e. The number of amides is 1. The van der Waals surface area contributed by atoms with Gasteiger partial charge in [0.2, 0.25) is 0 Å². The first-order valence-electron chi connectivity index (χ1n) is 15.4. The van der Waals surface area contributed by atoms with Crippen molar-refractivity contribution in [3.63, 3.8) is 0 Å². The zero-order valence-corrected chi connectivity index (χ0v) is 26.4. The van der Waals surface area contributed by atoms with Gasteiger partial charge in [0.05, 0.1) is 18.4 Å². The van der Waals surface area contributed by atoms with Gasteiger partial charge >= 0.3 is 0 Å². The van der Waals surface area contributed by atoms with Crippen molar-refractivity contribution >= 4 is 35.1 Å². The molecular weight excluding hydrogens is 552 g/mol. The molecule has 41 heavy (non-hydrogen) atoms. The van der Waals surface area contributed by atoms with E-state index in [4.69, 9.17) is 16.3 Å². The van der Waals surface area contributed by atoms with Gasteiger partial charge in [-0.05, 0) is 103 Å². The van der Waals surface area contributed by atoms with Crippen LogP contribution in [-0.4, -0.2) is 42.1 Å². The molecule has 2 heterocycles. The fraction of sp³-hybridized carbons (Fsp3) is 0.559. The van der Waals surface area contributed by atoms with Crippen LogP contribution in [0.15, 0.2) is 48.6 Å². The normalized spacial score (nSPS) is 29.5. The zero-order chi connectivity index (χ0) is 29.1. The lowest BCUT2D eigenvalue weighted by Gasteiger charge is -2.42. The Kier molecular flexibility index (Phi) is 9.93. The third kappa shape index (κ3) is 6.92. The number of hydrogen-bond acceptors (Lipinski definition) is 5. The van der Waals surface area contributed by atoms with Crippen LogP contribution in [0, 0.1) is 23.7 Å². The van der Waals surface area contributed by atoms with Gasteiger partial charge in [0.1, 0.15) is 5.75 Å². The van der Waals surface area contributed by atoms with Gasteiger partial charge in [-0.15, -0.1) is 0 Å². The van der Waals surface area contributed by atoms with Crippen molar-refractivity contribution < 1.29 is 14.6 Å². The van der Waals surface area contributed by atoms with Crippen LogP contribution in [0.25, 0.3) is 0 Å². The molecule has 2 aromatic carbocycles. The maximum atomic E-state index is 13.4. The van der Waals surface area contributed by atoms with Crippen LogP contribution < -0.4 is 14.4 Å². The largest absolute Gasteiger partial charge is 0.491 e. The number of allylic oxidation sites excluding steroid dienone is 1. The van der Waals surface area contributed by atoms with Crippen LogP contribution in [0.4, 0.5) is 5.69 Å². The van der Waals surface area contributed by atoms with E-state index in [1.54, 1.807) is 0 Å². The standard InChI is InChI=1S/C34H45ClN2O3S/c1-5-7-23-16-27(35)12-14-28(23)26-19-37-18-25-10-13-29(25)31(38)9-6-8-22(4)33(21(2)3)41-36-34(39)24-11-15-32(40-20-26)30(37)17-24/h6,9,11-12,14-17,21-22,25-26,29,31,33,38H,5,7-8,10,13,18-20H2,1-4H3,(H,36,39)/b9-6+/t22-,25?,26?,29?,31?,33?/m1/s1. The number of anilines is 1. The monoisotopic (exact) mass is 596 g/mol. The molecule has 0 saturated heterocycles. The Morgan fingerprint density at radius 1 is 1.17 bits per heavy atom. The number of benzene rings is 2. The van der Waals surface area contributed by atoms with Crippen LogP contribution in [0.2, 0.25) is 5.02 Å². The highest BCUT2D eigenvalue weighted by molar-refractivity contribution is 7.98. The highest BCUT2D eigenvalue weighted by Crippen LogP contribution is 2.43.